The zero-order valence-electron chi connectivity index (χ0n) is 15.6. The van der Waals surface area contributed by atoms with Gasteiger partial charge in [-0.3, -0.25) is 10.1 Å². The lowest BCUT2D eigenvalue weighted by atomic mass is 10.0. The van der Waals surface area contributed by atoms with Crippen molar-refractivity contribution >= 4 is 27.5 Å². The summed E-state index contributed by atoms with van der Waals surface area (Å²) in [7, 11) is 0. The minimum Gasteiger partial charge on any atom is -0.324 e. The molecule has 0 saturated carbocycles. The van der Waals surface area contributed by atoms with Crippen LogP contribution in [-0.2, 0) is 4.79 Å². The predicted molar refractivity (Wildman–Crippen MR) is 109 cm³/mol. The van der Waals surface area contributed by atoms with Crippen LogP contribution in [0, 0.1) is 20.8 Å². The Morgan fingerprint density at radius 2 is 1.64 bits per heavy atom. The second-order valence-electron chi connectivity index (χ2n) is 6.66. The Labute approximate surface area is 159 Å². The van der Waals surface area contributed by atoms with E-state index >= 15 is 0 Å². The van der Waals surface area contributed by atoms with Crippen LogP contribution in [0.25, 0.3) is 0 Å². The molecular weight excluding hydrogens is 376 g/mol. The van der Waals surface area contributed by atoms with Crippen molar-refractivity contribution in [1.82, 2.24) is 5.32 Å². The standard InChI is InChI=1S/C21H27BrN2O/c1-6-19(17-7-9-18(22)10-8-17)23-16(5)21(25)24-20-14(3)11-13(2)12-15(20)4/h7-12,16,19,23H,6H2,1-5H3,(H,24,25)/t16-,19+/m0/s1. The van der Waals surface area contributed by atoms with Crippen LogP contribution in [-0.4, -0.2) is 11.9 Å². The number of hydrogen-bond acceptors (Lipinski definition) is 2. The molecule has 0 heterocycles. The molecule has 2 atom stereocenters. The van der Waals surface area contributed by atoms with E-state index in [1.807, 2.05) is 32.9 Å². The first-order chi connectivity index (χ1) is 11.8. The largest absolute Gasteiger partial charge is 0.324 e. The Morgan fingerprint density at radius 1 is 1.08 bits per heavy atom. The summed E-state index contributed by atoms with van der Waals surface area (Å²) in [5.41, 5.74) is 5.51. The minimum absolute atomic E-state index is 0.00869. The highest BCUT2D eigenvalue weighted by molar-refractivity contribution is 9.10. The molecule has 0 radical (unpaired) electrons. The van der Waals surface area contributed by atoms with Gasteiger partial charge in [0.2, 0.25) is 5.91 Å². The van der Waals surface area contributed by atoms with Gasteiger partial charge in [-0.1, -0.05) is 52.7 Å². The monoisotopic (exact) mass is 402 g/mol. The molecule has 0 saturated heterocycles. The third-order valence-corrected chi connectivity index (χ3v) is 4.98. The average Bonchev–Trinajstić information content (AvgIpc) is 2.56. The molecule has 134 valence electrons. The third-order valence-electron chi connectivity index (χ3n) is 4.45. The van der Waals surface area contributed by atoms with Crippen molar-refractivity contribution in [1.29, 1.82) is 0 Å². The molecule has 0 bridgehead atoms. The van der Waals surface area contributed by atoms with E-state index < -0.39 is 0 Å². The van der Waals surface area contributed by atoms with E-state index in [2.05, 4.69) is 64.7 Å². The average molecular weight is 403 g/mol. The molecule has 2 aromatic carbocycles. The number of nitrogens with one attached hydrogen (secondary N) is 2. The van der Waals surface area contributed by atoms with E-state index in [-0.39, 0.29) is 18.0 Å². The highest BCUT2D eigenvalue weighted by Crippen LogP contribution is 2.23. The van der Waals surface area contributed by atoms with Crippen LogP contribution >= 0.6 is 15.9 Å². The Balaban J connectivity index is 2.08. The summed E-state index contributed by atoms with van der Waals surface area (Å²) in [6.07, 6.45) is 0.918. The molecule has 0 fully saturated rings. The van der Waals surface area contributed by atoms with E-state index in [4.69, 9.17) is 0 Å². The first-order valence-corrected chi connectivity index (χ1v) is 9.51. The SMILES string of the molecule is CC[C@@H](N[C@@H](C)C(=O)Nc1c(C)cc(C)cc1C)c1ccc(Br)cc1. The topological polar surface area (TPSA) is 41.1 Å². The summed E-state index contributed by atoms with van der Waals surface area (Å²) in [5.74, 6) is -0.00869. The Kier molecular flexibility index (Phi) is 6.79. The highest BCUT2D eigenvalue weighted by Gasteiger charge is 2.19. The third kappa shape index (κ3) is 5.16. The van der Waals surface area contributed by atoms with E-state index in [9.17, 15) is 4.79 Å². The summed E-state index contributed by atoms with van der Waals surface area (Å²) in [6.45, 7) is 10.2. The number of benzene rings is 2. The quantitative estimate of drug-likeness (QED) is 0.674. The fourth-order valence-corrected chi connectivity index (χ4v) is 3.40. The minimum atomic E-state index is -0.284. The number of carbonyl (C=O) groups is 1. The van der Waals surface area contributed by atoms with Crippen LogP contribution < -0.4 is 10.6 Å². The van der Waals surface area contributed by atoms with Gasteiger partial charge >= 0.3 is 0 Å². The molecule has 0 aliphatic heterocycles. The molecule has 2 aromatic rings. The van der Waals surface area contributed by atoms with Gasteiger partial charge in [0.1, 0.15) is 0 Å². The van der Waals surface area contributed by atoms with E-state index in [1.54, 1.807) is 0 Å². The van der Waals surface area contributed by atoms with Crippen LogP contribution in [0.4, 0.5) is 5.69 Å². The van der Waals surface area contributed by atoms with Gasteiger partial charge in [-0.05, 0) is 62.9 Å². The maximum absolute atomic E-state index is 12.7. The molecule has 0 aromatic heterocycles. The molecule has 25 heavy (non-hydrogen) atoms. The number of amides is 1. The van der Waals surface area contributed by atoms with Crippen molar-refractivity contribution in [2.75, 3.05) is 5.32 Å². The van der Waals surface area contributed by atoms with Crippen LogP contribution in [0.1, 0.15) is 48.6 Å². The molecule has 4 heteroatoms. The number of carbonyl (C=O) groups excluding carboxylic acids is 1. The van der Waals surface area contributed by atoms with Gasteiger partial charge in [0.15, 0.2) is 0 Å². The highest BCUT2D eigenvalue weighted by atomic mass is 79.9. The lowest BCUT2D eigenvalue weighted by Crippen LogP contribution is -2.40. The van der Waals surface area contributed by atoms with Gasteiger partial charge in [-0.25, -0.2) is 0 Å². The van der Waals surface area contributed by atoms with Gasteiger partial charge in [-0.15, -0.1) is 0 Å². The summed E-state index contributed by atoms with van der Waals surface area (Å²) < 4.78 is 1.06. The van der Waals surface area contributed by atoms with E-state index in [0.717, 1.165) is 27.7 Å². The molecule has 0 spiro atoms. The lowest BCUT2D eigenvalue weighted by Gasteiger charge is -2.23. The molecule has 2 N–H and O–H groups in total. The number of halogens is 1. The first kappa shape index (κ1) is 19.7. The summed E-state index contributed by atoms with van der Waals surface area (Å²) in [4.78, 5) is 12.7. The number of hydrogen-bond donors (Lipinski definition) is 2. The summed E-state index contributed by atoms with van der Waals surface area (Å²) in [6, 6.07) is 12.3. The zero-order chi connectivity index (χ0) is 18.6. The Hall–Kier alpha value is -1.65. The molecule has 0 unspecified atom stereocenters. The normalized spacial score (nSPS) is 13.4. The fourth-order valence-electron chi connectivity index (χ4n) is 3.13. The fraction of sp³-hybridized carbons (Fsp3) is 0.381. The maximum atomic E-state index is 12.7. The van der Waals surface area contributed by atoms with E-state index in [0.29, 0.717) is 0 Å². The van der Waals surface area contributed by atoms with Gasteiger partial charge < -0.3 is 5.32 Å². The Bertz CT molecular complexity index is 717. The van der Waals surface area contributed by atoms with Gasteiger partial charge in [0.05, 0.1) is 6.04 Å². The van der Waals surface area contributed by atoms with Crippen LogP contribution in [0.15, 0.2) is 40.9 Å². The van der Waals surface area contributed by atoms with Crippen molar-refractivity contribution in [3.63, 3.8) is 0 Å². The molecule has 1 amide bonds. The number of aryl methyl sites for hydroxylation is 3. The van der Waals surface area contributed by atoms with Crippen LogP contribution in [0.2, 0.25) is 0 Å². The predicted octanol–water partition coefficient (Wildman–Crippen LogP) is 5.44. The molecular formula is C21H27BrN2O. The van der Waals surface area contributed by atoms with Crippen molar-refractivity contribution in [3.05, 3.63) is 63.1 Å². The summed E-state index contributed by atoms with van der Waals surface area (Å²) in [5, 5.41) is 6.53. The maximum Gasteiger partial charge on any atom is 0.241 e. The second-order valence-corrected chi connectivity index (χ2v) is 7.58. The van der Waals surface area contributed by atoms with Crippen molar-refractivity contribution in [2.45, 2.75) is 53.1 Å². The molecule has 2 rings (SSSR count). The van der Waals surface area contributed by atoms with E-state index in [1.165, 1.54) is 11.1 Å². The second kappa shape index (κ2) is 8.63. The van der Waals surface area contributed by atoms with Crippen molar-refractivity contribution in [3.8, 4) is 0 Å². The number of anilines is 1. The zero-order valence-corrected chi connectivity index (χ0v) is 17.2. The molecule has 0 aliphatic rings. The first-order valence-electron chi connectivity index (χ1n) is 8.72. The molecule has 0 aliphatic carbocycles. The number of rotatable bonds is 6. The molecule has 3 nitrogen and oxygen atoms in total. The smallest absolute Gasteiger partial charge is 0.241 e. The van der Waals surface area contributed by atoms with Crippen LogP contribution in [0.5, 0.6) is 0 Å². The van der Waals surface area contributed by atoms with Gasteiger partial charge in [0.25, 0.3) is 0 Å². The lowest BCUT2D eigenvalue weighted by molar-refractivity contribution is -0.118. The van der Waals surface area contributed by atoms with Crippen LogP contribution in [0.3, 0.4) is 0 Å². The summed E-state index contributed by atoms with van der Waals surface area (Å²) >= 11 is 3.46. The Morgan fingerprint density at radius 3 is 2.16 bits per heavy atom. The van der Waals surface area contributed by atoms with Gasteiger partial charge in [-0.2, -0.15) is 0 Å². The van der Waals surface area contributed by atoms with Crippen molar-refractivity contribution in [2.24, 2.45) is 0 Å². The van der Waals surface area contributed by atoms with Crippen molar-refractivity contribution < 1.29 is 4.79 Å². The van der Waals surface area contributed by atoms with Gasteiger partial charge in [0, 0.05) is 16.2 Å².